The van der Waals surface area contributed by atoms with E-state index in [4.69, 9.17) is 10.5 Å². The summed E-state index contributed by atoms with van der Waals surface area (Å²) >= 11 is 0. The monoisotopic (exact) mass is 579 g/mol. The van der Waals surface area contributed by atoms with E-state index in [9.17, 15) is 19.8 Å². The molecule has 0 bridgehead atoms. The number of carbonyl (C=O) groups excluding carboxylic acids is 2. The summed E-state index contributed by atoms with van der Waals surface area (Å²) < 4.78 is 5.55. The maximum atomic E-state index is 12.7. The Bertz CT molecular complexity index is 1250. The van der Waals surface area contributed by atoms with Crippen molar-refractivity contribution in [3.63, 3.8) is 0 Å². The van der Waals surface area contributed by atoms with Crippen LogP contribution in [0.1, 0.15) is 93.6 Å². The van der Waals surface area contributed by atoms with Crippen molar-refractivity contribution in [1.29, 1.82) is 0 Å². The largest absolute Gasteiger partial charge is 0.504 e. The highest BCUT2D eigenvalue weighted by Crippen LogP contribution is 2.44. The van der Waals surface area contributed by atoms with Crippen LogP contribution in [0, 0.1) is 5.92 Å². The molecule has 1 aromatic carbocycles. The van der Waals surface area contributed by atoms with Gasteiger partial charge in [-0.05, 0) is 67.0 Å². The van der Waals surface area contributed by atoms with Gasteiger partial charge in [0, 0.05) is 48.9 Å². The summed E-state index contributed by atoms with van der Waals surface area (Å²) in [6.07, 6.45) is 11.7. The quantitative estimate of drug-likeness (QED) is 0.111. The Labute approximate surface area is 250 Å². The standard InChI is InChI=1S/C34H49N3O5/c1-4-6-7-8-9-10-28(39)21-29(40)14-11-23-17-30(34(41)31(18-23)42-3)33(24-15-16-36-32(35)20-24)25(22-38)19-27-13-12-26(5-2)37-27/h12-13,15,17-18,20,25,33,36-38,41H,4-11,14,16,19,21-22,35H2,1-3H3. The molecule has 0 saturated carbocycles. The van der Waals surface area contributed by atoms with E-state index in [-0.39, 0.29) is 48.6 Å². The Kier molecular flexibility index (Phi) is 13.2. The average Bonchev–Trinajstić information content (AvgIpc) is 3.44. The van der Waals surface area contributed by atoms with E-state index >= 15 is 0 Å². The van der Waals surface area contributed by atoms with Crippen LogP contribution in [0.15, 0.2) is 47.8 Å². The number of hydrogen-bond acceptors (Lipinski definition) is 7. The van der Waals surface area contributed by atoms with Gasteiger partial charge in [0.2, 0.25) is 0 Å². The first-order chi connectivity index (χ1) is 20.3. The molecule has 3 rings (SSSR count). The molecule has 2 atom stereocenters. The van der Waals surface area contributed by atoms with E-state index in [0.29, 0.717) is 42.9 Å². The fraction of sp³-hybridized carbons (Fsp3) is 0.529. The number of phenolic OH excluding ortho intramolecular Hbond substituents is 1. The summed E-state index contributed by atoms with van der Waals surface area (Å²) in [6.45, 7) is 4.66. The van der Waals surface area contributed by atoms with E-state index in [1.54, 1.807) is 6.07 Å². The van der Waals surface area contributed by atoms with Crippen molar-refractivity contribution in [1.82, 2.24) is 10.3 Å². The normalized spacial score (nSPS) is 14.5. The van der Waals surface area contributed by atoms with Crippen LogP contribution < -0.4 is 15.8 Å². The molecule has 1 aromatic heterocycles. The number of benzene rings is 1. The second-order valence-corrected chi connectivity index (χ2v) is 11.3. The number of nitrogens with one attached hydrogen (secondary N) is 2. The first-order valence-electron chi connectivity index (χ1n) is 15.4. The number of hydrogen-bond donors (Lipinski definition) is 5. The number of aromatic amines is 1. The maximum Gasteiger partial charge on any atom is 0.161 e. The van der Waals surface area contributed by atoms with E-state index < -0.39 is 0 Å². The molecule has 0 saturated heterocycles. The van der Waals surface area contributed by atoms with Gasteiger partial charge in [0.15, 0.2) is 11.5 Å². The van der Waals surface area contributed by atoms with Crippen molar-refractivity contribution in [2.24, 2.45) is 11.7 Å². The number of allylic oxidation sites excluding steroid dienone is 2. The van der Waals surface area contributed by atoms with Crippen LogP contribution in [0.25, 0.3) is 0 Å². The summed E-state index contributed by atoms with van der Waals surface area (Å²) in [6, 6.07) is 7.73. The summed E-state index contributed by atoms with van der Waals surface area (Å²) in [5.74, 6) is 0.0877. The molecule has 1 aliphatic heterocycles. The van der Waals surface area contributed by atoms with Gasteiger partial charge < -0.3 is 31.0 Å². The minimum absolute atomic E-state index is 0.00131. The van der Waals surface area contributed by atoms with Gasteiger partial charge >= 0.3 is 0 Å². The highest BCUT2D eigenvalue weighted by atomic mass is 16.5. The lowest BCUT2D eigenvalue weighted by atomic mass is 9.76. The highest BCUT2D eigenvalue weighted by molar-refractivity contribution is 5.99. The average molecular weight is 580 g/mol. The van der Waals surface area contributed by atoms with Gasteiger partial charge in [-0.1, -0.05) is 51.7 Å². The molecule has 0 aliphatic carbocycles. The minimum Gasteiger partial charge on any atom is -0.504 e. The Morgan fingerprint density at radius 3 is 2.45 bits per heavy atom. The number of aliphatic hydroxyl groups is 1. The predicted molar refractivity (Wildman–Crippen MR) is 167 cm³/mol. The van der Waals surface area contributed by atoms with E-state index in [1.165, 1.54) is 13.5 Å². The number of ketones is 2. The molecule has 8 heteroatoms. The number of nitrogens with two attached hydrogens (primary N) is 1. The number of aromatic nitrogens is 1. The van der Waals surface area contributed by atoms with Crippen LogP contribution in [-0.4, -0.2) is 47.0 Å². The number of H-pyrrole nitrogens is 1. The van der Waals surface area contributed by atoms with Crippen molar-refractivity contribution < 1.29 is 24.5 Å². The van der Waals surface area contributed by atoms with Crippen molar-refractivity contribution in [2.75, 3.05) is 20.3 Å². The Morgan fingerprint density at radius 1 is 1.05 bits per heavy atom. The molecule has 0 spiro atoms. The Hall–Kier alpha value is -3.52. The lowest BCUT2D eigenvalue weighted by molar-refractivity contribution is -0.127. The van der Waals surface area contributed by atoms with Crippen molar-refractivity contribution in [3.8, 4) is 11.5 Å². The third kappa shape index (κ3) is 9.51. The molecular weight excluding hydrogens is 530 g/mol. The van der Waals surface area contributed by atoms with Gasteiger partial charge in [-0.25, -0.2) is 0 Å². The molecule has 0 amide bonds. The fourth-order valence-corrected chi connectivity index (χ4v) is 5.72. The summed E-state index contributed by atoms with van der Waals surface area (Å²) in [7, 11) is 1.50. The molecule has 2 aromatic rings. The van der Waals surface area contributed by atoms with E-state index in [0.717, 1.165) is 54.6 Å². The third-order valence-electron chi connectivity index (χ3n) is 8.07. The second-order valence-electron chi connectivity index (χ2n) is 11.3. The number of carbonyl (C=O) groups is 2. The van der Waals surface area contributed by atoms with Gasteiger partial charge in [0.05, 0.1) is 19.4 Å². The SMILES string of the molecule is CCCCCCCC(=O)CC(=O)CCc1cc(OC)c(O)c(C(C2=CCNC(N)=C2)C(CO)Cc2ccc(CC)[nH]2)c1. The van der Waals surface area contributed by atoms with Crippen LogP contribution in [0.5, 0.6) is 11.5 Å². The number of ether oxygens (including phenoxy) is 1. The number of unbranched alkanes of at least 4 members (excludes halogenated alkanes) is 4. The van der Waals surface area contributed by atoms with Crippen molar-refractivity contribution in [3.05, 3.63) is 70.3 Å². The van der Waals surface area contributed by atoms with E-state index in [1.807, 2.05) is 24.3 Å². The molecule has 1 aliphatic rings. The van der Waals surface area contributed by atoms with Gasteiger partial charge in [-0.2, -0.15) is 0 Å². The molecule has 2 heterocycles. The summed E-state index contributed by atoms with van der Waals surface area (Å²) in [4.78, 5) is 28.5. The maximum absolute atomic E-state index is 12.7. The van der Waals surface area contributed by atoms with Crippen LogP contribution in [0.2, 0.25) is 0 Å². The molecular formula is C34H49N3O5. The first kappa shape index (κ1) is 33.0. The van der Waals surface area contributed by atoms with Crippen LogP contribution >= 0.6 is 0 Å². The number of aromatic hydroxyl groups is 1. The number of methoxy groups -OCH3 is 1. The third-order valence-corrected chi connectivity index (χ3v) is 8.07. The Morgan fingerprint density at radius 2 is 1.79 bits per heavy atom. The van der Waals surface area contributed by atoms with Gasteiger partial charge in [-0.3, -0.25) is 9.59 Å². The second kappa shape index (κ2) is 16.8. The van der Waals surface area contributed by atoms with E-state index in [2.05, 4.69) is 30.2 Å². The number of dihydropyridines is 1. The summed E-state index contributed by atoms with van der Waals surface area (Å²) in [5.41, 5.74) is 10.6. The zero-order valence-corrected chi connectivity index (χ0v) is 25.5. The molecule has 2 unspecified atom stereocenters. The zero-order valence-electron chi connectivity index (χ0n) is 25.5. The van der Waals surface area contributed by atoms with Gasteiger partial charge in [0.25, 0.3) is 0 Å². The number of aliphatic hydroxyl groups excluding tert-OH is 1. The molecule has 0 radical (unpaired) electrons. The van der Waals surface area contributed by atoms with Crippen molar-refractivity contribution in [2.45, 2.75) is 90.4 Å². The number of aryl methyl sites for hydroxylation is 2. The molecule has 42 heavy (non-hydrogen) atoms. The number of phenols is 1. The lowest BCUT2D eigenvalue weighted by Crippen LogP contribution is -2.28. The predicted octanol–water partition coefficient (Wildman–Crippen LogP) is 5.38. The van der Waals surface area contributed by atoms with Crippen LogP contribution in [0.4, 0.5) is 0 Å². The molecule has 0 fully saturated rings. The smallest absolute Gasteiger partial charge is 0.161 e. The topological polar surface area (TPSA) is 138 Å². The number of Topliss-reactive ketones (excluding diaryl/α,β-unsaturated/α-hetero) is 2. The minimum atomic E-state index is -0.386. The highest BCUT2D eigenvalue weighted by Gasteiger charge is 2.31. The number of rotatable bonds is 19. The summed E-state index contributed by atoms with van der Waals surface area (Å²) in [5, 5.41) is 25.1. The molecule has 6 N–H and O–H groups in total. The zero-order chi connectivity index (χ0) is 30.5. The lowest BCUT2D eigenvalue weighted by Gasteiger charge is -2.30. The van der Waals surface area contributed by atoms with Crippen molar-refractivity contribution >= 4 is 11.6 Å². The van der Waals surface area contributed by atoms with Crippen LogP contribution in [0.3, 0.4) is 0 Å². The van der Waals surface area contributed by atoms with Gasteiger partial charge in [0.1, 0.15) is 11.6 Å². The fourth-order valence-electron chi connectivity index (χ4n) is 5.72. The molecule has 230 valence electrons. The first-order valence-corrected chi connectivity index (χ1v) is 15.4. The molecule has 8 nitrogen and oxygen atoms in total. The van der Waals surface area contributed by atoms with Crippen LogP contribution in [-0.2, 0) is 28.9 Å². The Balaban J connectivity index is 1.83. The van der Waals surface area contributed by atoms with Gasteiger partial charge in [-0.15, -0.1) is 0 Å².